The van der Waals surface area contributed by atoms with Crippen LogP contribution in [0.2, 0.25) is 0 Å². The van der Waals surface area contributed by atoms with Crippen LogP contribution in [0.1, 0.15) is 5.56 Å². The highest BCUT2D eigenvalue weighted by Crippen LogP contribution is 2.24. The standard InChI is InChI=1S/C14H17NO2S/c1-16-7-8-17-14-5-3-2-4-13(14)15-10-12-6-9-18-11-12/h2-6,9,11,15H,7-8,10H2,1H3. The third-order valence-electron chi connectivity index (χ3n) is 2.50. The Balaban J connectivity index is 1.94. The predicted octanol–water partition coefficient (Wildman–Crippen LogP) is 3.39. The van der Waals surface area contributed by atoms with Crippen molar-refractivity contribution < 1.29 is 9.47 Å². The van der Waals surface area contributed by atoms with Gasteiger partial charge in [0.1, 0.15) is 12.4 Å². The Kier molecular flexibility index (Phi) is 5.05. The molecule has 0 spiro atoms. The maximum atomic E-state index is 5.66. The van der Waals surface area contributed by atoms with Gasteiger partial charge in [-0.15, -0.1) is 0 Å². The van der Waals surface area contributed by atoms with E-state index in [0.717, 1.165) is 18.0 Å². The summed E-state index contributed by atoms with van der Waals surface area (Å²) >= 11 is 1.71. The van der Waals surface area contributed by atoms with Crippen LogP contribution in [0, 0.1) is 0 Å². The topological polar surface area (TPSA) is 30.5 Å². The maximum absolute atomic E-state index is 5.66. The molecule has 1 N–H and O–H groups in total. The quantitative estimate of drug-likeness (QED) is 0.777. The molecular weight excluding hydrogens is 246 g/mol. The lowest BCUT2D eigenvalue weighted by Crippen LogP contribution is -2.07. The first-order valence-corrected chi connectivity index (χ1v) is 6.80. The molecular formula is C14H17NO2S. The fraction of sp³-hybridized carbons (Fsp3) is 0.286. The van der Waals surface area contributed by atoms with Crippen molar-refractivity contribution in [3.63, 3.8) is 0 Å². The summed E-state index contributed by atoms with van der Waals surface area (Å²) in [5, 5.41) is 7.61. The summed E-state index contributed by atoms with van der Waals surface area (Å²) in [4.78, 5) is 0. The minimum Gasteiger partial charge on any atom is -0.489 e. The Morgan fingerprint density at radius 3 is 2.83 bits per heavy atom. The van der Waals surface area contributed by atoms with Crippen LogP contribution < -0.4 is 10.1 Å². The molecule has 1 heterocycles. The van der Waals surface area contributed by atoms with Crippen molar-refractivity contribution in [1.82, 2.24) is 0 Å². The van der Waals surface area contributed by atoms with Crippen LogP contribution in [-0.2, 0) is 11.3 Å². The van der Waals surface area contributed by atoms with Crippen LogP contribution in [0.5, 0.6) is 5.75 Å². The highest BCUT2D eigenvalue weighted by Gasteiger charge is 2.02. The molecule has 0 fully saturated rings. The number of nitrogens with one attached hydrogen (secondary N) is 1. The van der Waals surface area contributed by atoms with Gasteiger partial charge in [0.25, 0.3) is 0 Å². The predicted molar refractivity (Wildman–Crippen MR) is 75.5 cm³/mol. The summed E-state index contributed by atoms with van der Waals surface area (Å²) in [5.41, 5.74) is 2.30. The van der Waals surface area contributed by atoms with Gasteiger partial charge in [-0.05, 0) is 34.5 Å². The van der Waals surface area contributed by atoms with Crippen LogP contribution in [0.15, 0.2) is 41.1 Å². The molecule has 1 aromatic carbocycles. The Morgan fingerprint density at radius 2 is 2.06 bits per heavy atom. The van der Waals surface area contributed by atoms with E-state index < -0.39 is 0 Å². The van der Waals surface area contributed by atoms with Gasteiger partial charge in [-0.3, -0.25) is 0 Å². The van der Waals surface area contributed by atoms with Crippen molar-refractivity contribution in [2.45, 2.75) is 6.54 Å². The SMILES string of the molecule is COCCOc1ccccc1NCc1ccsc1. The van der Waals surface area contributed by atoms with Crippen molar-refractivity contribution >= 4 is 17.0 Å². The average molecular weight is 263 g/mol. The van der Waals surface area contributed by atoms with Crippen molar-refractivity contribution in [2.75, 3.05) is 25.6 Å². The molecule has 0 unspecified atom stereocenters. The molecule has 0 bridgehead atoms. The van der Waals surface area contributed by atoms with Crippen molar-refractivity contribution in [2.24, 2.45) is 0 Å². The molecule has 18 heavy (non-hydrogen) atoms. The van der Waals surface area contributed by atoms with Gasteiger partial charge in [-0.25, -0.2) is 0 Å². The number of para-hydroxylation sites is 2. The number of hydrogen-bond donors (Lipinski definition) is 1. The number of hydrogen-bond acceptors (Lipinski definition) is 4. The maximum Gasteiger partial charge on any atom is 0.142 e. The Morgan fingerprint density at radius 1 is 1.17 bits per heavy atom. The Labute approximate surface area is 111 Å². The van der Waals surface area contributed by atoms with Crippen LogP contribution in [-0.4, -0.2) is 20.3 Å². The van der Waals surface area contributed by atoms with E-state index in [-0.39, 0.29) is 0 Å². The minimum absolute atomic E-state index is 0.563. The summed E-state index contributed by atoms with van der Waals surface area (Å²) in [6, 6.07) is 10.1. The molecule has 0 atom stereocenters. The van der Waals surface area contributed by atoms with E-state index in [1.54, 1.807) is 18.4 Å². The Bertz CT molecular complexity index is 457. The molecule has 4 heteroatoms. The normalized spacial score (nSPS) is 10.3. The summed E-state index contributed by atoms with van der Waals surface area (Å²) in [6.45, 7) is 1.97. The van der Waals surface area contributed by atoms with Crippen LogP contribution in [0.25, 0.3) is 0 Å². The second kappa shape index (κ2) is 7.03. The van der Waals surface area contributed by atoms with Crippen LogP contribution in [0.3, 0.4) is 0 Å². The zero-order valence-corrected chi connectivity index (χ0v) is 11.2. The van der Waals surface area contributed by atoms with E-state index in [2.05, 4.69) is 22.1 Å². The third kappa shape index (κ3) is 3.75. The van der Waals surface area contributed by atoms with E-state index in [4.69, 9.17) is 9.47 Å². The summed E-state index contributed by atoms with van der Waals surface area (Å²) in [6.07, 6.45) is 0. The first-order valence-electron chi connectivity index (χ1n) is 5.86. The fourth-order valence-corrected chi connectivity index (χ4v) is 2.23. The number of rotatable bonds is 7. The number of anilines is 1. The number of ether oxygens (including phenoxy) is 2. The summed E-state index contributed by atoms with van der Waals surface area (Å²) in [7, 11) is 1.67. The first-order chi connectivity index (χ1) is 8.90. The van der Waals surface area contributed by atoms with E-state index in [9.17, 15) is 0 Å². The molecule has 3 nitrogen and oxygen atoms in total. The van der Waals surface area contributed by atoms with Gasteiger partial charge < -0.3 is 14.8 Å². The van der Waals surface area contributed by atoms with Crippen molar-refractivity contribution in [3.05, 3.63) is 46.7 Å². The zero-order valence-electron chi connectivity index (χ0n) is 10.4. The van der Waals surface area contributed by atoms with Crippen molar-refractivity contribution in [1.29, 1.82) is 0 Å². The molecule has 0 saturated carbocycles. The van der Waals surface area contributed by atoms with E-state index >= 15 is 0 Å². The lowest BCUT2D eigenvalue weighted by atomic mass is 10.2. The molecule has 0 saturated heterocycles. The molecule has 0 amide bonds. The third-order valence-corrected chi connectivity index (χ3v) is 3.23. The second-order valence-corrected chi connectivity index (χ2v) is 4.60. The first kappa shape index (κ1) is 12.9. The largest absolute Gasteiger partial charge is 0.489 e. The molecule has 0 aliphatic heterocycles. The van der Waals surface area contributed by atoms with Gasteiger partial charge in [0.15, 0.2) is 0 Å². The number of methoxy groups -OCH3 is 1. The van der Waals surface area contributed by atoms with Crippen LogP contribution in [0.4, 0.5) is 5.69 Å². The molecule has 2 rings (SSSR count). The molecule has 0 aliphatic carbocycles. The highest BCUT2D eigenvalue weighted by atomic mass is 32.1. The van der Waals surface area contributed by atoms with E-state index in [0.29, 0.717) is 13.2 Å². The molecule has 0 radical (unpaired) electrons. The highest BCUT2D eigenvalue weighted by molar-refractivity contribution is 7.07. The second-order valence-electron chi connectivity index (χ2n) is 3.82. The number of benzene rings is 1. The van der Waals surface area contributed by atoms with Gasteiger partial charge in [0.2, 0.25) is 0 Å². The Hall–Kier alpha value is -1.52. The lowest BCUT2D eigenvalue weighted by molar-refractivity contribution is 0.146. The van der Waals surface area contributed by atoms with Gasteiger partial charge in [0.05, 0.1) is 12.3 Å². The molecule has 1 aromatic heterocycles. The van der Waals surface area contributed by atoms with E-state index in [1.165, 1.54) is 5.56 Å². The van der Waals surface area contributed by atoms with Crippen LogP contribution >= 0.6 is 11.3 Å². The monoisotopic (exact) mass is 263 g/mol. The van der Waals surface area contributed by atoms with Gasteiger partial charge in [-0.2, -0.15) is 11.3 Å². The average Bonchev–Trinajstić information content (AvgIpc) is 2.91. The summed E-state index contributed by atoms with van der Waals surface area (Å²) < 4.78 is 10.6. The minimum atomic E-state index is 0.563. The van der Waals surface area contributed by atoms with E-state index in [1.807, 2.05) is 24.3 Å². The smallest absolute Gasteiger partial charge is 0.142 e. The molecule has 96 valence electrons. The van der Waals surface area contributed by atoms with Crippen molar-refractivity contribution in [3.8, 4) is 5.75 Å². The fourth-order valence-electron chi connectivity index (χ4n) is 1.56. The summed E-state index contributed by atoms with van der Waals surface area (Å²) in [5.74, 6) is 0.866. The van der Waals surface area contributed by atoms with Gasteiger partial charge in [0, 0.05) is 13.7 Å². The van der Waals surface area contributed by atoms with Gasteiger partial charge >= 0.3 is 0 Å². The zero-order chi connectivity index (χ0) is 12.6. The molecule has 2 aromatic rings. The molecule has 0 aliphatic rings. The van der Waals surface area contributed by atoms with Gasteiger partial charge in [-0.1, -0.05) is 12.1 Å². The lowest BCUT2D eigenvalue weighted by Gasteiger charge is -2.12. The number of thiophene rings is 1.